The van der Waals surface area contributed by atoms with Gasteiger partial charge in [-0.3, -0.25) is 0 Å². The number of carbonyl (C=O) groups excluding carboxylic acids is 2. The molecule has 0 fully saturated rings. The average Bonchev–Trinajstić information content (AvgIpc) is 2.56. The summed E-state index contributed by atoms with van der Waals surface area (Å²) < 4.78 is 11.0. The number of hydrogen-bond donors (Lipinski definition) is 0. The van der Waals surface area contributed by atoms with E-state index in [1.165, 1.54) is 0 Å². The van der Waals surface area contributed by atoms with Crippen molar-refractivity contribution in [3.8, 4) is 5.75 Å². The molecule has 25 heavy (non-hydrogen) atoms. The number of hydrogen-bond acceptors (Lipinski definition) is 4. The molecule has 0 spiro atoms. The second-order valence-corrected chi connectivity index (χ2v) is 6.58. The number of amides is 1. The van der Waals surface area contributed by atoms with Crippen LogP contribution >= 0.6 is 0 Å². The van der Waals surface area contributed by atoms with Crippen LogP contribution in [0.5, 0.6) is 5.75 Å². The quantitative estimate of drug-likeness (QED) is 0.381. The van der Waals surface area contributed by atoms with Crippen LogP contribution in [0.1, 0.15) is 40.0 Å². The Morgan fingerprint density at radius 2 is 1.84 bits per heavy atom. The Hall–Kier alpha value is -2.55. The molecule has 6 nitrogen and oxygen atoms in total. The third kappa shape index (κ3) is 8.75. The Kier molecular flexibility index (Phi) is 8.48. The zero-order chi connectivity index (χ0) is 18.7. The fourth-order valence-electron chi connectivity index (χ4n) is 2.05. The van der Waals surface area contributed by atoms with E-state index in [0.29, 0.717) is 50.4 Å². The number of rotatable bonds is 9. The predicted molar refractivity (Wildman–Crippen MR) is 95.9 cm³/mol. The molecule has 1 aromatic rings. The Balaban J connectivity index is 2.46. The standard InChI is InChI=1S/C19H26N2O4/c1-19(2,3)25-18(23)21(12-5-6-14-22)13-7-15-24-17-10-8-16(20-4)9-11-17/h8-11,14H,5-7,12-13,15H2,1-3H3. The molecule has 0 aliphatic carbocycles. The van der Waals surface area contributed by atoms with Crippen molar-refractivity contribution in [1.82, 2.24) is 4.90 Å². The first-order valence-electron chi connectivity index (χ1n) is 8.37. The smallest absolute Gasteiger partial charge is 0.410 e. The first-order valence-corrected chi connectivity index (χ1v) is 8.37. The highest BCUT2D eigenvalue weighted by atomic mass is 16.6. The highest BCUT2D eigenvalue weighted by Crippen LogP contribution is 2.18. The highest BCUT2D eigenvalue weighted by molar-refractivity contribution is 5.68. The van der Waals surface area contributed by atoms with Gasteiger partial charge in [0, 0.05) is 19.5 Å². The van der Waals surface area contributed by atoms with E-state index in [4.69, 9.17) is 16.0 Å². The summed E-state index contributed by atoms with van der Waals surface area (Å²) in [6.45, 7) is 13.8. The van der Waals surface area contributed by atoms with Crippen LogP contribution in [0.4, 0.5) is 10.5 Å². The van der Waals surface area contributed by atoms with Gasteiger partial charge in [0.05, 0.1) is 13.2 Å². The molecule has 0 unspecified atom stereocenters. The van der Waals surface area contributed by atoms with E-state index in [-0.39, 0.29) is 6.09 Å². The van der Waals surface area contributed by atoms with Gasteiger partial charge in [-0.1, -0.05) is 12.1 Å². The van der Waals surface area contributed by atoms with Gasteiger partial charge in [-0.2, -0.15) is 0 Å². The van der Waals surface area contributed by atoms with Crippen LogP contribution in [-0.2, 0) is 9.53 Å². The SMILES string of the molecule is [C-]#[N+]c1ccc(OCCCN(CCCC=O)C(=O)OC(C)(C)C)cc1. The van der Waals surface area contributed by atoms with Crippen molar-refractivity contribution in [3.63, 3.8) is 0 Å². The van der Waals surface area contributed by atoms with E-state index in [0.717, 1.165) is 6.29 Å². The van der Waals surface area contributed by atoms with Gasteiger partial charge in [-0.05, 0) is 45.7 Å². The lowest BCUT2D eigenvalue weighted by atomic mass is 10.2. The number of benzene rings is 1. The summed E-state index contributed by atoms with van der Waals surface area (Å²) in [5.41, 5.74) is 0.0138. The zero-order valence-corrected chi connectivity index (χ0v) is 15.2. The topological polar surface area (TPSA) is 60.2 Å². The summed E-state index contributed by atoms with van der Waals surface area (Å²) in [4.78, 5) is 27.6. The first-order chi connectivity index (χ1) is 11.9. The van der Waals surface area contributed by atoms with Crippen LogP contribution in [0.2, 0.25) is 0 Å². The molecule has 0 radical (unpaired) electrons. The number of ether oxygens (including phenoxy) is 2. The van der Waals surface area contributed by atoms with Gasteiger partial charge in [-0.15, -0.1) is 0 Å². The molecule has 0 heterocycles. The van der Waals surface area contributed by atoms with Gasteiger partial charge in [-0.25, -0.2) is 9.64 Å². The molecular weight excluding hydrogens is 320 g/mol. The summed E-state index contributed by atoms with van der Waals surface area (Å²) in [5, 5.41) is 0. The Morgan fingerprint density at radius 3 is 2.40 bits per heavy atom. The first kappa shape index (κ1) is 20.5. The highest BCUT2D eigenvalue weighted by Gasteiger charge is 2.21. The van der Waals surface area contributed by atoms with E-state index in [1.807, 2.05) is 20.8 Å². The molecule has 0 saturated heterocycles. The van der Waals surface area contributed by atoms with Crippen LogP contribution in [0.15, 0.2) is 24.3 Å². The van der Waals surface area contributed by atoms with E-state index >= 15 is 0 Å². The monoisotopic (exact) mass is 346 g/mol. The molecule has 136 valence electrons. The number of unbranched alkanes of at least 4 members (excludes halogenated alkanes) is 1. The minimum Gasteiger partial charge on any atom is -0.494 e. The zero-order valence-electron chi connectivity index (χ0n) is 15.2. The van der Waals surface area contributed by atoms with Crippen molar-refractivity contribution >= 4 is 18.1 Å². The molecule has 1 aromatic carbocycles. The molecule has 0 aliphatic heterocycles. The maximum Gasteiger partial charge on any atom is 0.410 e. The largest absolute Gasteiger partial charge is 0.494 e. The molecule has 0 bridgehead atoms. The van der Waals surface area contributed by atoms with Crippen molar-refractivity contribution in [3.05, 3.63) is 35.7 Å². The number of nitrogens with zero attached hydrogens (tertiary/aromatic N) is 2. The normalized spacial score (nSPS) is 10.6. The molecule has 0 atom stereocenters. The van der Waals surface area contributed by atoms with Crippen LogP contribution < -0.4 is 4.74 Å². The van der Waals surface area contributed by atoms with E-state index in [1.54, 1.807) is 29.2 Å². The molecular formula is C19H26N2O4. The van der Waals surface area contributed by atoms with Crippen LogP contribution in [-0.4, -0.2) is 42.6 Å². The van der Waals surface area contributed by atoms with Crippen LogP contribution in [0, 0.1) is 6.57 Å². The Morgan fingerprint density at radius 1 is 1.20 bits per heavy atom. The lowest BCUT2D eigenvalue weighted by Crippen LogP contribution is -2.38. The van der Waals surface area contributed by atoms with Gasteiger partial charge >= 0.3 is 6.09 Å². The van der Waals surface area contributed by atoms with Gasteiger partial charge in [0.15, 0.2) is 5.69 Å². The third-order valence-electron chi connectivity index (χ3n) is 3.21. The Labute approximate surface area is 149 Å². The fraction of sp³-hybridized carbons (Fsp3) is 0.526. The van der Waals surface area contributed by atoms with Crippen molar-refractivity contribution < 1.29 is 19.1 Å². The predicted octanol–water partition coefficient (Wildman–Crippen LogP) is 4.22. The van der Waals surface area contributed by atoms with E-state index in [9.17, 15) is 9.59 Å². The second-order valence-electron chi connectivity index (χ2n) is 6.58. The van der Waals surface area contributed by atoms with Crippen molar-refractivity contribution in [2.45, 2.75) is 45.6 Å². The second kappa shape index (κ2) is 10.3. The minimum absolute atomic E-state index is 0.375. The summed E-state index contributed by atoms with van der Waals surface area (Å²) in [6, 6.07) is 6.91. The maximum atomic E-state index is 12.2. The summed E-state index contributed by atoms with van der Waals surface area (Å²) in [6.07, 6.45) is 2.15. The Bertz CT molecular complexity index is 585. The number of aldehydes is 1. The van der Waals surface area contributed by atoms with Crippen molar-refractivity contribution in [1.29, 1.82) is 0 Å². The van der Waals surface area contributed by atoms with E-state index < -0.39 is 5.60 Å². The minimum atomic E-state index is -0.554. The van der Waals surface area contributed by atoms with Gasteiger partial charge in [0.2, 0.25) is 0 Å². The average molecular weight is 346 g/mol. The molecule has 0 aromatic heterocycles. The van der Waals surface area contributed by atoms with Gasteiger partial charge in [0.25, 0.3) is 0 Å². The van der Waals surface area contributed by atoms with Gasteiger partial charge in [0.1, 0.15) is 17.6 Å². The fourth-order valence-corrected chi connectivity index (χ4v) is 2.05. The molecule has 6 heteroatoms. The maximum absolute atomic E-state index is 12.2. The van der Waals surface area contributed by atoms with Crippen molar-refractivity contribution in [2.75, 3.05) is 19.7 Å². The third-order valence-corrected chi connectivity index (χ3v) is 3.21. The lowest BCUT2D eigenvalue weighted by Gasteiger charge is -2.27. The summed E-state index contributed by atoms with van der Waals surface area (Å²) in [7, 11) is 0. The van der Waals surface area contributed by atoms with E-state index in [2.05, 4.69) is 4.85 Å². The summed E-state index contributed by atoms with van der Waals surface area (Å²) in [5.74, 6) is 0.692. The molecule has 0 aliphatic rings. The molecule has 1 amide bonds. The molecule has 0 N–H and O–H groups in total. The van der Waals surface area contributed by atoms with Crippen LogP contribution in [0.3, 0.4) is 0 Å². The molecule has 0 saturated carbocycles. The number of carbonyl (C=O) groups is 2. The summed E-state index contributed by atoms with van der Waals surface area (Å²) >= 11 is 0. The lowest BCUT2D eigenvalue weighted by molar-refractivity contribution is -0.108. The van der Waals surface area contributed by atoms with Crippen LogP contribution in [0.25, 0.3) is 4.85 Å². The molecule has 1 rings (SSSR count). The van der Waals surface area contributed by atoms with Gasteiger partial charge < -0.3 is 19.2 Å². The van der Waals surface area contributed by atoms with Crippen molar-refractivity contribution in [2.24, 2.45) is 0 Å².